The molecule has 0 aromatic carbocycles. The molecule has 1 unspecified atom stereocenters. The Kier molecular flexibility index (Phi) is 5.55. The predicted molar refractivity (Wildman–Crippen MR) is 119 cm³/mol. The molecule has 2 aliphatic heterocycles. The fourth-order valence-electron chi connectivity index (χ4n) is 5.64. The largest absolute Gasteiger partial charge is 0.375 e. The molecule has 154 valence electrons. The topological polar surface area (TPSA) is 46.5 Å². The first kappa shape index (κ1) is 19.4. The van der Waals surface area contributed by atoms with Crippen molar-refractivity contribution in [2.24, 2.45) is 4.99 Å². The van der Waals surface area contributed by atoms with Gasteiger partial charge >= 0.3 is 0 Å². The van der Waals surface area contributed by atoms with Crippen LogP contribution >= 0.6 is 11.3 Å². The zero-order valence-electron chi connectivity index (χ0n) is 17.2. The number of hydrogen-bond acceptors (Lipinski definition) is 5. The van der Waals surface area contributed by atoms with Gasteiger partial charge in [0.1, 0.15) is 0 Å². The van der Waals surface area contributed by atoms with Crippen LogP contribution in [0.25, 0.3) is 0 Å². The summed E-state index contributed by atoms with van der Waals surface area (Å²) >= 11 is 1.83. The number of fused-ring (bicyclic) bond motifs is 1. The second-order valence-corrected chi connectivity index (χ2v) is 9.86. The molecule has 5 rings (SSSR count). The number of ether oxygens (including phenoxy) is 1. The van der Waals surface area contributed by atoms with Gasteiger partial charge in [-0.25, -0.2) is 0 Å². The highest BCUT2D eigenvalue weighted by Gasteiger charge is 2.48. The van der Waals surface area contributed by atoms with E-state index in [2.05, 4.69) is 28.9 Å². The Morgan fingerprint density at radius 3 is 2.93 bits per heavy atom. The molecule has 4 nitrogen and oxygen atoms in total. The lowest BCUT2D eigenvalue weighted by atomic mass is 9.68. The van der Waals surface area contributed by atoms with E-state index < -0.39 is 0 Å². The van der Waals surface area contributed by atoms with Crippen LogP contribution in [0.2, 0.25) is 0 Å². The molecule has 2 aromatic rings. The van der Waals surface area contributed by atoms with Crippen LogP contribution in [0.5, 0.6) is 0 Å². The summed E-state index contributed by atoms with van der Waals surface area (Å²) in [7, 11) is 0. The van der Waals surface area contributed by atoms with Crippen LogP contribution in [0, 0.1) is 0 Å². The van der Waals surface area contributed by atoms with E-state index in [0.717, 1.165) is 51.9 Å². The van der Waals surface area contributed by atoms with Crippen molar-refractivity contribution in [1.29, 1.82) is 0 Å². The molecule has 1 spiro atoms. The quantitative estimate of drug-likeness (QED) is 0.713. The Morgan fingerprint density at radius 1 is 1.14 bits per heavy atom. The Bertz CT molecular complexity index is 856. The van der Waals surface area contributed by atoms with E-state index in [-0.39, 0.29) is 11.0 Å². The Hall–Kier alpha value is -1.56. The smallest absolute Gasteiger partial charge is 0.0691 e. The van der Waals surface area contributed by atoms with Crippen LogP contribution in [-0.4, -0.2) is 42.5 Å². The number of thiophene rings is 1. The number of aromatic nitrogens is 1. The van der Waals surface area contributed by atoms with Crippen molar-refractivity contribution in [1.82, 2.24) is 10.3 Å². The Morgan fingerprint density at radius 2 is 2.07 bits per heavy atom. The summed E-state index contributed by atoms with van der Waals surface area (Å²) in [6, 6.07) is 8.66. The van der Waals surface area contributed by atoms with Crippen LogP contribution in [0.3, 0.4) is 0 Å². The first-order valence-electron chi connectivity index (χ1n) is 11.2. The van der Waals surface area contributed by atoms with Crippen LogP contribution in [-0.2, 0) is 16.6 Å². The maximum Gasteiger partial charge on any atom is 0.0691 e. The first-order valence-corrected chi connectivity index (χ1v) is 12.0. The molecule has 5 heteroatoms. The molecule has 29 heavy (non-hydrogen) atoms. The standard InChI is InChI=1S/C24H31N3OS/c1-4-12-27-21(5-1)23(11-15-28-24(18-23)8-2-3-9-24)10-14-25-17-20-22-19(6-13-26-20)7-16-29-22/h1,4-5,7,12,16,25H,2-3,6,8-11,13-15,17-18H2. The minimum absolute atomic E-state index is 0.0924. The maximum absolute atomic E-state index is 6.37. The molecule has 0 amide bonds. The molecule has 2 fully saturated rings. The summed E-state index contributed by atoms with van der Waals surface area (Å²) in [5, 5.41) is 5.91. The average Bonchev–Trinajstić information content (AvgIpc) is 3.42. The highest BCUT2D eigenvalue weighted by molar-refractivity contribution is 7.12. The molecule has 3 aliphatic rings. The summed E-state index contributed by atoms with van der Waals surface area (Å²) in [5.74, 6) is 0. The number of nitrogens with zero attached hydrogens (tertiary/aromatic N) is 2. The number of nitrogens with one attached hydrogen (secondary N) is 1. The van der Waals surface area contributed by atoms with Crippen molar-refractivity contribution in [3.63, 3.8) is 0 Å². The van der Waals surface area contributed by atoms with E-state index in [0.29, 0.717) is 0 Å². The van der Waals surface area contributed by atoms with Crippen LogP contribution in [0.1, 0.15) is 61.1 Å². The van der Waals surface area contributed by atoms with Crippen LogP contribution in [0.15, 0.2) is 40.8 Å². The van der Waals surface area contributed by atoms with Crippen molar-refractivity contribution < 1.29 is 4.74 Å². The van der Waals surface area contributed by atoms with Crippen LogP contribution < -0.4 is 5.32 Å². The Labute approximate surface area is 177 Å². The normalized spacial score (nSPS) is 25.7. The molecule has 4 heterocycles. The molecule has 0 radical (unpaired) electrons. The lowest BCUT2D eigenvalue weighted by molar-refractivity contribution is -0.104. The second-order valence-electron chi connectivity index (χ2n) is 8.94. The van der Waals surface area contributed by atoms with Gasteiger partial charge in [0.2, 0.25) is 0 Å². The fraction of sp³-hybridized carbons (Fsp3) is 0.583. The van der Waals surface area contributed by atoms with Crippen molar-refractivity contribution >= 4 is 17.0 Å². The highest BCUT2D eigenvalue weighted by atomic mass is 32.1. The van der Waals surface area contributed by atoms with Gasteiger partial charge in [0.25, 0.3) is 0 Å². The van der Waals surface area contributed by atoms with E-state index in [1.807, 2.05) is 23.6 Å². The average molecular weight is 410 g/mol. The fourth-order valence-corrected chi connectivity index (χ4v) is 6.60. The number of rotatable bonds is 6. The molecule has 2 aromatic heterocycles. The second kappa shape index (κ2) is 8.29. The van der Waals surface area contributed by atoms with Gasteiger partial charge in [-0.1, -0.05) is 18.9 Å². The molecular formula is C24H31N3OS. The monoisotopic (exact) mass is 409 g/mol. The summed E-state index contributed by atoms with van der Waals surface area (Å²) in [5.41, 5.74) is 4.19. The van der Waals surface area contributed by atoms with Crippen molar-refractivity contribution in [2.45, 2.75) is 62.4 Å². The van der Waals surface area contributed by atoms with Gasteiger partial charge in [-0.05, 0) is 74.2 Å². The van der Waals surface area contributed by atoms with Crippen molar-refractivity contribution in [3.05, 3.63) is 52.0 Å². The van der Waals surface area contributed by atoms with Crippen molar-refractivity contribution in [2.75, 3.05) is 26.2 Å². The third kappa shape index (κ3) is 3.92. The summed E-state index contributed by atoms with van der Waals surface area (Å²) in [6.07, 6.45) is 11.4. The minimum atomic E-state index is 0.0924. The lowest BCUT2D eigenvalue weighted by Crippen LogP contribution is -2.47. The summed E-state index contributed by atoms with van der Waals surface area (Å²) < 4.78 is 6.37. The van der Waals surface area contributed by atoms with Gasteiger partial charge in [0, 0.05) is 37.0 Å². The van der Waals surface area contributed by atoms with Crippen LogP contribution in [0.4, 0.5) is 0 Å². The third-order valence-corrected chi connectivity index (χ3v) is 8.14. The van der Waals surface area contributed by atoms with Gasteiger partial charge < -0.3 is 10.1 Å². The van der Waals surface area contributed by atoms with Gasteiger partial charge in [0.05, 0.1) is 16.2 Å². The summed E-state index contributed by atoms with van der Waals surface area (Å²) in [6.45, 7) is 3.65. The predicted octanol–water partition coefficient (Wildman–Crippen LogP) is 4.53. The van der Waals surface area contributed by atoms with E-state index in [9.17, 15) is 0 Å². The van der Waals surface area contributed by atoms with E-state index in [1.165, 1.54) is 47.5 Å². The lowest BCUT2D eigenvalue weighted by Gasteiger charge is -2.46. The first-order chi connectivity index (χ1) is 14.3. The van der Waals surface area contributed by atoms with E-state index in [1.54, 1.807) is 0 Å². The zero-order chi connectivity index (χ0) is 19.6. The molecule has 1 N–H and O–H groups in total. The molecule has 1 atom stereocenters. The maximum atomic E-state index is 6.37. The number of pyridine rings is 1. The van der Waals surface area contributed by atoms with E-state index in [4.69, 9.17) is 14.7 Å². The minimum Gasteiger partial charge on any atom is -0.375 e. The molecule has 1 aliphatic carbocycles. The zero-order valence-corrected chi connectivity index (χ0v) is 18.0. The van der Waals surface area contributed by atoms with E-state index >= 15 is 0 Å². The third-order valence-electron chi connectivity index (χ3n) is 7.14. The van der Waals surface area contributed by atoms with Gasteiger partial charge in [-0.15, -0.1) is 11.3 Å². The van der Waals surface area contributed by atoms with Gasteiger partial charge in [0.15, 0.2) is 0 Å². The number of hydrogen-bond donors (Lipinski definition) is 1. The summed E-state index contributed by atoms with van der Waals surface area (Å²) in [4.78, 5) is 11.0. The molecule has 1 saturated carbocycles. The Balaban J connectivity index is 1.28. The SMILES string of the molecule is c1ccc(C2(CCNCC3=NCCc4ccsc43)CCOC3(CCCC3)C2)nc1. The molecular weight excluding hydrogens is 378 g/mol. The molecule has 0 bridgehead atoms. The molecule has 1 saturated heterocycles. The van der Waals surface area contributed by atoms with Gasteiger partial charge in [-0.2, -0.15) is 0 Å². The van der Waals surface area contributed by atoms with Gasteiger partial charge in [-0.3, -0.25) is 9.98 Å². The van der Waals surface area contributed by atoms with Crippen molar-refractivity contribution in [3.8, 4) is 0 Å². The highest BCUT2D eigenvalue weighted by Crippen LogP contribution is 2.49. The number of aliphatic imine (C=N–C) groups is 1.